The average molecular weight is 272 g/mol. The van der Waals surface area contributed by atoms with Crippen LogP contribution < -0.4 is 5.32 Å². The van der Waals surface area contributed by atoms with Crippen molar-refractivity contribution in [3.63, 3.8) is 0 Å². The standard InChI is InChI=1S/C17H24N2O/c1-16(2,3)19-12-17(4,20)11-13-9-10-18-15-8-6-5-7-14(13)15/h5-10,19-20H,11-12H2,1-4H3. The summed E-state index contributed by atoms with van der Waals surface area (Å²) in [7, 11) is 0. The van der Waals surface area contributed by atoms with Crippen LogP contribution in [0.4, 0.5) is 0 Å². The second kappa shape index (κ2) is 5.51. The first kappa shape index (κ1) is 14.9. The normalized spacial score (nSPS) is 15.2. The predicted molar refractivity (Wildman–Crippen MR) is 83.8 cm³/mol. The van der Waals surface area contributed by atoms with Crippen LogP contribution >= 0.6 is 0 Å². The highest BCUT2D eigenvalue weighted by molar-refractivity contribution is 5.81. The van der Waals surface area contributed by atoms with Gasteiger partial charge in [0.15, 0.2) is 0 Å². The van der Waals surface area contributed by atoms with Crippen LogP contribution in [0.5, 0.6) is 0 Å². The van der Waals surface area contributed by atoms with E-state index in [1.54, 1.807) is 0 Å². The Balaban J connectivity index is 2.19. The number of hydrogen-bond acceptors (Lipinski definition) is 3. The summed E-state index contributed by atoms with van der Waals surface area (Å²) >= 11 is 0. The summed E-state index contributed by atoms with van der Waals surface area (Å²) in [6.45, 7) is 8.74. The summed E-state index contributed by atoms with van der Waals surface area (Å²) in [6, 6.07) is 10.0. The summed E-state index contributed by atoms with van der Waals surface area (Å²) in [5, 5.41) is 15.1. The van der Waals surface area contributed by atoms with Gasteiger partial charge in [0, 0.05) is 30.1 Å². The van der Waals surface area contributed by atoms with E-state index < -0.39 is 5.60 Å². The molecule has 0 aliphatic carbocycles. The molecule has 1 unspecified atom stereocenters. The summed E-state index contributed by atoms with van der Waals surface area (Å²) < 4.78 is 0. The lowest BCUT2D eigenvalue weighted by Gasteiger charge is -2.29. The smallest absolute Gasteiger partial charge is 0.0784 e. The van der Waals surface area contributed by atoms with Gasteiger partial charge in [0.2, 0.25) is 0 Å². The highest BCUT2D eigenvalue weighted by Gasteiger charge is 2.24. The monoisotopic (exact) mass is 272 g/mol. The van der Waals surface area contributed by atoms with Gasteiger partial charge in [-0.3, -0.25) is 4.98 Å². The molecule has 0 aliphatic rings. The molecule has 3 heteroatoms. The van der Waals surface area contributed by atoms with Crippen molar-refractivity contribution in [2.24, 2.45) is 0 Å². The molecule has 0 fully saturated rings. The van der Waals surface area contributed by atoms with Crippen LogP contribution in [-0.4, -0.2) is 27.8 Å². The second-order valence-corrected chi connectivity index (χ2v) is 6.76. The van der Waals surface area contributed by atoms with Crippen LogP contribution in [-0.2, 0) is 6.42 Å². The molecule has 2 N–H and O–H groups in total. The van der Waals surface area contributed by atoms with Gasteiger partial charge in [0.25, 0.3) is 0 Å². The Morgan fingerprint density at radius 3 is 2.50 bits per heavy atom. The van der Waals surface area contributed by atoms with Gasteiger partial charge in [-0.05, 0) is 45.4 Å². The van der Waals surface area contributed by atoms with Crippen LogP contribution in [0.1, 0.15) is 33.3 Å². The molecule has 20 heavy (non-hydrogen) atoms. The van der Waals surface area contributed by atoms with E-state index in [2.05, 4.69) is 37.1 Å². The Hall–Kier alpha value is -1.45. The van der Waals surface area contributed by atoms with Crippen LogP contribution in [0, 0.1) is 0 Å². The third kappa shape index (κ3) is 4.02. The summed E-state index contributed by atoms with van der Waals surface area (Å²) in [5.41, 5.74) is 1.34. The number of rotatable bonds is 4. The average Bonchev–Trinajstić information content (AvgIpc) is 2.36. The highest BCUT2D eigenvalue weighted by Crippen LogP contribution is 2.21. The van der Waals surface area contributed by atoms with E-state index in [1.807, 2.05) is 37.4 Å². The number of aromatic nitrogens is 1. The molecule has 0 aliphatic heterocycles. The summed E-state index contributed by atoms with van der Waals surface area (Å²) in [6.07, 6.45) is 2.42. The van der Waals surface area contributed by atoms with Gasteiger partial charge in [-0.2, -0.15) is 0 Å². The number of β-amino-alcohol motifs (C(OH)–C–C–N with tert-alkyl or cyclic N) is 1. The molecule has 0 saturated carbocycles. The number of nitrogens with zero attached hydrogens (tertiary/aromatic N) is 1. The number of benzene rings is 1. The lowest BCUT2D eigenvalue weighted by Crippen LogP contribution is -2.47. The van der Waals surface area contributed by atoms with Crippen LogP contribution in [0.25, 0.3) is 10.9 Å². The first-order valence-corrected chi connectivity index (χ1v) is 7.07. The molecular weight excluding hydrogens is 248 g/mol. The van der Waals surface area contributed by atoms with Crippen molar-refractivity contribution in [1.82, 2.24) is 10.3 Å². The Kier molecular flexibility index (Phi) is 4.11. The van der Waals surface area contributed by atoms with E-state index in [9.17, 15) is 5.11 Å². The Bertz CT molecular complexity index is 580. The van der Waals surface area contributed by atoms with Gasteiger partial charge in [-0.1, -0.05) is 18.2 Å². The second-order valence-electron chi connectivity index (χ2n) is 6.76. The van der Waals surface area contributed by atoms with Gasteiger partial charge >= 0.3 is 0 Å². The van der Waals surface area contributed by atoms with E-state index in [0.29, 0.717) is 13.0 Å². The minimum atomic E-state index is -0.780. The largest absolute Gasteiger partial charge is 0.389 e. The van der Waals surface area contributed by atoms with E-state index in [4.69, 9.17) is 0 Å². The number of aliphatic hydroxyl groups is 1. The molecule has 0 spiro atoms. The van der Waals surface area contributed by atoms with E-state index in [-0.39, 0.29) is 5.54 Å². The molecule has 3 nitrogen and oxygen atoms in total. The molecule has 1 aromatic carbocycles. The van der Waals surface area contributed by atoms with Gasteiger partial charge in [0.1, 0.15) is 0 Å². The number of para-hydroxylation sites is 1. The molecule has 1 heterocycles. The predicted octanol–water partition coefficient (Wildman–Crippen LogP) is 2.92. The van der Waals surface area contributed by atoms with Crippen molar-refractivity contribution in [3.8, 4) is 0 Å². The lowest BCUT2D eigenvalue weighted by atomic mass is 9.93. The summed E-state index contributed by atoms with van der Waals surface area (Å²) in [5.74, 6) is 0. The van der Waals surface area contributed by atoms with Crippen molar-refractivity contribution in [1.29, 1.82) is 0 Å². The third-order valence-electron chi connectivity index (χ3n) is 3.31. The topological polar surface area (TPSA) is 45.1 Å². The molecule has 0 bridgehead atoms. The fourth-order valence-electron chi connectivity index (χ4n) is 2.24. The van der Waals surface area contributed by atoms with Gasteiger partial charge < -0.3 is 10.4 Å². The van der Waals surface area contributed by atoms with Crippen molar-refractivity contribution in [2.75, 3.05) is 6.54 Å². The Morgan fingerprint density at radius 1 is 1.10 bits per heavy atom. The Morgan fingerprint density at radius 2 is 1.80 bits per heavy atom. The fraction of sp³-hybridized carbons (Fsp3) is 0.471. The maximum absolute atomic E-state index is 10.6. The van der Waals surface area contributed by atoms with Crippen molar-refractivity contribution in [2.45, 2.75) is 45.3 Å². The quantitative estimate of drug-likeness (QED) is 0.899. The number of pyridine rings is 1. The zero-order chi connectivity index (χ0) is 14.8. The van der Waals surface area contributed by atoms with E-state index in [0.717, 1.165) is 16.5 Å². The zero-order valence-electron chi connectivity index (χ0n) is 12.8. The number of fused-ring (bicyclic) bond motifs is 1. The molecule has 0 radical (unpaired) electrons. The third-order valence-corrected chi connectivity index (χ3v) is 3.31. The van der Waals surface area contributed by atoms with Crippen LogP contribution in [0.3, 0.4) is 0 Å². The van der Waals surface area contributed by atoms with Crippen molar-refractivity contribution >= 4 is 10.9 Å². The minimum Gasteiger partial charge on any atom is -0.389 e. The molecule has 0 saturated heterocycles. The van der Waals surface area contributed by atoms with Crippen molar-refractivity contribution < 1.29 is 5.11 Å². The SMILES string of the molecule is CC(O)(CNC(C)(C)C)Cc1ccnc2ccccc12. The molecule has 0 amide bonds. The first-order valence-electron chi connectivity index (χ1n) is 7.07. The summed E-state index contributed by atoms with van der Waals surface area (Å²) in [4.78, 5) is 4.36. The van der Waals surface area contributed by atoms with Crippen molar-refractivity contribution in [3.05, 3.63) is 42.1 Å². The van der Waals surface area contributed by atoms with E-state index >= 15 is 0 Å². The van der Waals surface area contributed by atoms with E-state index in [1.165, 1.54) is 0 Å². The molecule has 2 aromatic rings. The maximum Gasteiger partial charge on any atom is 0.0784 e. The molecular formula is C17H24N2O. The molecule has 108 valence electrons. The number of nitrogens with one attached hydrogen (secondary N) is 1. The highest BCUT2D eigenvalue weighted by atomic mass is 16.3. The van der Waals surface area contributed by atoms with Crippen LogP contribution in [0.15, 0.2) is 36.5 Å². The maximum atomic E-state index is 10.6. The van der Waals surface area contributed by atoms with Gasteiger partial charge in [0.05, 0.1) is 11.1 Å². The fourth-order valence-corrected chi connectivity index (χ4v) is 2.24. The lowest BCUT2D eigenvalue weighted by molar-refractivity contribution is 0.0538. The Labute approximate surface area is 121 Å². The first-order chi connectivity index (χ1) is 9.27. The van der Waals surface area contributed by atoms with Gasteiger partial charge in [-0.25, -0.2) is 0 Å². The molecule has 1 aromatic heterocycles. The molecule has 1 atom stereocenters. The minimum absolute atomic E-state index is 0.00427. The molecule has 2 rings (SSSR count). The number of hydrogen-bond donors (Lipinski definition) is 2. The van der Waals surface area contributed by atoms with Gasteiger partial charge in [-0.15, -0.1) is 0 Å². The zero-order valence-corrected chi connectivity index (χ0v) is 12.8. The van der Waals surface area contributed by atoms with Crippen LogP contribution in [0.2, 0.25) is 0 Å².